The van der Waals surface area contributed by atoms with E-state index < -0.39 is 0 Å². The summed E-state index contributed by atoms with van der Waals surface area (Å²) in [6, 6.07) is 15.9. The molecule has 1 unspecified atom stereocenters. The normalized spacial score (nSPS) is 15.7. The summed E-state index contributed by atoms with van der Waals surface area (Å²) in [5.41, 5.74) is 4.88. The molecule has 2 heterocycles. The fourth-order valence-electron chi connectivity index (χ4n) is 3.89. The zero-order valence-corrected chi connectivity index (χ0v) is 16.0. The Morgan fingerprint density at radius 3 is 2.97 bits per heavy atom. The lowest BCUT2D eigenvalue weighted by Crippen LogP contribution is -2.15. The van der Waals surface area contributed by atoms with E-state index in [9.17, 15) is 0 Å². The molecular formula is C23H19N5O. The molecule has 5 rings (SSSR count). The van der Waals surface area contributed by atoms with Crippen LogP contribution in [0, 0.1) is 18.3 Å². The molecule has 2 aromatic carbocycles. The number of aryl methyl sites for hydroxylation is 2. The first kappa shape index (κ1) is 17.4. The molecule has 0 spiro atoms. The molecule has 1 aliphatic carbocycles. The maximum atomic E-state index is 9.16. The van der Waals surface area contributed by atoms with Crippen LogP contribution in [0.4, 0.5) is 0 Å². The monoisotopic (exact) mass is 381 g/mol. The summed E-state index contributed by atoms with van der Waals surface area (Å²) in [5.74, 6) is 1.33. The molecule has 1 atom stereocenters. The minimum atomic E-state index is -0.0180. The van der Waals surface area contributed by atoms with Gasteiger partial charge in [-0.15, -0.1) is 0 Å². The molecule has 0 bridgehead atoms. The van der Waals surface area contributed by atoms with Crippen LogP contribution in [0.3, 0.4) is 0 Å². The van der Waals surface area contributed by atoms with Gasteiger partial charge in [-0.1, -0.05) is 6.07 Å². The third kappa shape index (κ3) is 3.21. The largest absolute Gasteiger partial charge is 0.486 e. The van der Waals surface area contributed by atoms with Crippen LogP contribution in [-0.4, -0.2) is 19.7 Å². The predicted molar refractivity (Wildman–Crippen MR) is 109 cm³/mol. The second-order valence-electron chi connectivity index (χ2n) is 7.30. The van der Waals surface area contributed by atoms with E-state index in [1.807, 2.05) is 55.6 Å². The van der Waals surface area contributed by atoms with Crippen molar-refractivity contribution in [1.82, 2.24) is 19.7 Å². The van der Waals surface area contributed by atoms with E-state index in [-0.39, 0.29) is 6.10 Å². The summed E-state index contributed by atoms with van der Waals surface area (Å²) < 4.78 is 8.12. The molecule has 142 valence electrons. The Kier molecular flexibility index (Phi) is 4.21. The number of ether oxygens (including phenoxy) is 1. The Morgan fingerprint density at radius 1 is 1.17 bits per heavy atom. The van der Waals surface area contributed by atoms with Gasteiger partial charge in [-0.05, 0) is 67.6 Å². The minimum absolute atomic E-state index is 0.0180. The van der Waals surface area contributed by atoms with Crippen LogP contribution in [0.5, 0.6) is 5.75 Å². The topological polar surface area (TPSA) is 76.6 Å². The van der Waals surface area contributed by atoms with E-state index in [1.54, 1.807) is 10.9 Å². The van der Waals surface area contributed by atoms with Gasteiger partial charge >= 0.3 is 0 Å². The highest BCUT2D eigenvalue weighted by molar-refractivity contribution is 5.81. The van der Waals surface area contributed by atoms with E-state index in [1.165, 1.54) is 11.1 Å². The van der Waals surface area contributed by atoms with Crippen molar-refractivity contribution in [2.75, 3.05) is 0 Å². The minimum Gasteiger partial charge on any atom is -0.486 e. The van der Waals surface area contributed by atoms with E-state index in [2.05, 4.69) is 21.1 Å². The van der Waals surface area contributed by atoms with E-state index >= 15 is 0 Å². The van der Waals surface area contributed by atoms with Gasteiger partial charge in [-0.2, -0.15) is 15.0 Å². The van der Waals surface area contributed by atoms with Crippen molar-refractivity contribution in [2.45, 2.75) is 32.3 Å². The molecule has 29 heavy (non-hydrogen) atoms. The molecule has 0 N–H and O–H groups in total. The number of benzene rings is 2. The highest BCUT2D eigenvalue weighted by Crippen LogP contribution is 2.35. The Morgan fingerprint density at radius 2 is 2.10 bits per heavy atom. The van der Waals surface area contributed by atoms with Crippen molar-refractivity contribution in [1.29, 1.82) is 5.26 Å². The Balaban J connectivity index is 1.50. The van der Waals surface area contributed by atoms with Gasteiger partial charge in [0.15, 0.2) is 0 Å². The van der Waals surface area contributed by atoms with Crippen LogP contribution in [0.25, 0.3) is 16.9 Å². The molecule has 0 aliphatic heterocycles. The molecule has 4 aromatic rings. The van der Waals surface area contributed by atoms with Crippen LogP contribution in [-0.2, 0) is 6.42 Å². The van der Waals surface area contributed by atoms with E-state index in [0.29, 0.717) is 11.5 Å². The summed E-state index contributed by atoms with van der Waals surface area (Å²) in [5, 5.41) is 14.6. The molecule has 0 saturated heterocycles. The van der Waals surface area contributed by atoms with Crippen molar-refractivity contribution in [3.05, 3.63) is 77.2 Å². The second kappa shape index (κ2) is 7.02. The molecule has 6 nitrogen and oxygen atoms in total. The molecule has 6 heteroatoms. The van der Waals surface area contributed by atoms with Crippen LogP contribution in [0.15, 0.2) is 54.9 Å². The second-order valence-corrected chi connectivity index (χ2v) is 7.30. The molecule has 0 radical (unpaired) electrons. The lowest BCUT2D eigenvalue weighted by Gasteiger charge is -2.26. The first-order valence-corrected chi connectivity index (χ1v) is 9.69. The SMILES string of the molecule is Cc1ccnc(-n2ncc3ccc(OC4CCCc5cc(C#N)ccc54)cc32)n1. The first-order chi connectivity index (χ1) is 14.2. The molecule has 2 aromatic heterocycles. The number of aromatic nitrogens is 4. The van der Waals surface area contributed by atoms with E-state index in [4.69, 9.17) is 10.00 Å². The summed E-state index contributed by atoms with van der Waals surface area (Å²) in [7, 11) is 0. The van der Waals surface area contributed by atoms with Gasteiger partial charge in [0, 0.05) is 23.3 Å². The number of fused-ring (bicyclic) bond motifs is 2. The summed E-state index contributed by atoms with van der Waals surface area (Å²) in [6.07, 6.45) is 6.52. The third-order valence-electron chi connectivity index (χ3n) is 5.32. The number of rotatable bonds is 3. The number of nitrogens with zero attached hydrogens (tertiary/aromatic N) is 5. The Hall–Kier alpha value is -3.72. The van der Waals surface area contributed by atoms with E-state index in [0.717, 1.165) is 41.6 Å². The lowest BCUT2D eigenvalue weighted by molar-refractivity contribution is 0.183. The van der Waals surface area contributed by atoms with Gasteiger partial charge in [0.1, 0.15) is 11.9 Å². The average molecular weight is 381 g/mol. The highest BCUT2D eigenvalue weighted by atomic mass is 16.5. The Bertz CT molecular complexity index is 1250. The van der Waals surface area contributed by atoms with Gasteiger partial charge in [0.25, 0.3) is 5.95 Å². The first-order valence-electron chi connectivity index (χ1n) is 9.69. The van der Waals surface area contributed by atoms with Crippen LogP contribution in [0.2, 0.25) is 0 Å². The lowest BCUT2D eigenvalue weighted by atomic mass is 9.88. The standard InChI is InChI=1S/C23H19N5O/c1-15-9-10-25-23(27-15)28-21-12-19(7-6-18(21)14-26-28)29-22-4-2-3-17-11-16(13-24)5-8-20(17)22/h5-12,14,22H,2-4H2,1H3. The van der Waals surface area contributed by atoms with Gasteiger partial charge in [-0.25, -0.2) is 9.97 Å². The van der Waals surface area contributed by atoms with Crippen molar-refractivity contribution in [3.63, 3.8) is 0 Å². The zero-order chi connectivity index (χ0) is 19.8. The van der Waals surface area contributed by atoms with Crippen molar-refractivity contribution >= 4 is 10.9 Å². The van der Waals surface area contributed by atoms with Gasteiger partial charge in [-0.3, -0.25) is 0 Å². The fraction of sp³-hybridized carbons (Fsp3) is 0.217. The van der Waals surface area contributed by atoms with Crippen molar-refractivity contribution < 1.29 is 4.74 Å². The van der Waals surface area contributed by atoms with Crippen LogP contribution in [0.1, 0.15) is 41.3 Å². The van der Waals surface area contributed by atoms with Crippen LogP contribution >= 0.6 is 0 Å². The van der Waals surface area contributed by atoms with Gasteiger partial charge < -0.3 is 4.74 Å². The van der Waals surface area contributed by atoms with Crippen molar-refractivity contribution in [2.24, 2.45) is 0 Å². The van der Waals surface area contributed by atoms with Crippen LogP contribution < -0.4 is 4.74 Å². The summed E-state index contributed by atoms with van der Waals surface area (Å²) in [4.78, 5) is 8.83. The molecule has 0 fully saturated rings. The molecular weight excluding hydrogens is 362 g/mol. The van der Waals surface area contributed by atoms with Gasteiger partial charge in [0.2, 0.25) is 0 Å². The average Bonchev–Trinajstić information content (AvgIpc) is 3.17. The number of hydrogen-bond acceptors (Lipinski definition) is 5. The summed E-state index contributed by atoms with van der Waals surface area (Å²) >= 11 is 0. The number of nitriles is 1. The summed E-state index contributed by atoms with van der Waals surface area (Å²) in [6.45, 7) is 1.93. The fourth-order valence-corrected chi connectivity index (χ4v) is 3.89. The zero-order valence-electron chi connectivity index (χ0n) is 16.0. The Labute approximate surface area is 168 Å². The molecule has 1 aliphatic rings. The predicted octanol–water partition coefficient (Wildman–Crippen LogP) is 4.45. The maximum absolute atomic E-state index is 9.16. The van der Waals surface area contributed by atoms with Gasteiger partial charge in [0.05, 0.1) is 23.3 Å². The smallest absolute Gasteiger partial charge is 0.251 e. The number of hydrogen-bond donors (Lipinski definition) is 0. The quantitative estimate of drug-likeness (QED) is 0.524. The maximum Gasteiger partial charge on any atom is 0.251 e. The van der Waals surface area contributed by atoms with Crippen molar-refractivity contribution in [3.8, 4) is 17.8 Å². The highest BCUT2D eigenvalue weighted by Gasteiger charge is 2.22. The third-order valence-corrected chi connectivity index (χ3v) is 5.32. The molecule has 0 saturated carbocycles. The molecule has 0 amide bonds.